The van der Waals surface area contributed by atoms with Gasteiger partial charge in [-0.1, -0.05) is 19.1 Å². The first-order valence-electron chi connectivity index (χ1n) is 7.18. The maximum Gasteiger partial charge on any atom is 0.118 e. The second kappa shape index (κ2) is 7.24. The van der Waals surface area contributed by atoms with Crippen LogP contribution in [0.15, 0.2) is 36.7 Å². The van der Waals surface area contributed by atoms with Gasteiger partial charge in [0, 0.05) is 31.4 Å². The van der Waals surface area contributed by atoms with Gasteiger partial charge in [-0.05, 0) is 24.1 Å². The molecule has 5 nitrogen and oxygen atoms in total. The second-order valence-corrected chi connectivity index (χ2v) is 5.11. The summed E-state index contributed by atoms with van der Waals surface area (Å²) in [5.41, 5.74) is 2.02. The molecular formula is C16H23N3O2. The van der Waals surface area contributed by atoms with E-state index >= 15 is 0 Å². The van der Waals surface area contributed by atoms with Gasteiger partial charge in [0.1, 0.15) is 5.75 Å². The Morgan fingerprint density at radius 3 is 2.52 bits per heavy atom. The lowest BCUT2D eigenvalue weighted by Gasteiger charge is -2.19. The average molecular weight is 289 g/mol. The summed E-state index contributed by atoms with van der Waals surface area (Å²) in [6.07, 6.45) is 4.27. The first-order chi connectivity index (χ1) is 10.1. The molecule has 114 valence electrons. The van der Waals surface area contributed by atoms with E-state index in [2.05, 4.69) is 17.3 Å². The highest BCUT2D eigenvalue weighted by Gasteiger charge is 2.14. The van der Waals surface area contributed by atoms with Gasteiger partial charge >= 0.3 is 0 Å². The van der Waals surface area contributed by atoms with Gasteiger partial charge in [0.15, 0.2) is 0 Å². The Labute approximate surface area is 125 Å². The van der Waals surface area contributed by atoms with Crippen molar-refractivity contribution >= 4 is 0 Å². The van der Waals surface area contributed by atoms with Crippen molar-refractivity contribution in [3.8, 4) is 5.75 Å². The predicted molar refractivity (Wildman–Crippen MR) is 82.2 cm³/mol. The molecule has 0 spiro atoms. The number of nitrogens with one attached hydrogen (secondary N) is 1. The number of rotatable bonds is 7. The number of aromatic nitrogens is 2. The van der Waals surface area contributed by atoms with Crippen LogP contribution >= 0.6 is 0 Å². The summed E-state index contributed by atoms with van der Waals surface area (Å²) in [6.45, 7) is 2.62. The molecule has 2 aromatic rings. The molecule has 0 saturated heterocycles. The standard InChI is InChI=1S/C16H23N3O2/c1-4-15(13-9-18-19(2)11-13)17-10-16(20)12-5-7-14(21-3)8-6-12/h5-9,11,15-17,20H,4,10H2,1-3H3. The Kier molecular flexibility index (Phi) is 5.36. The molecule has 1 aromatic carbocycles. The van der Waals surface area contributed by atoms with Gasteiger partial charge < -0.3 is 15.2 Å². The molecule has 0 aliphatic carbocycles. The quantitative estimate of drug-likeness (QED) is 0.820. The molecule has 2 atom stereocenters. The Morgan fingerprint density at radius 1 is 1.29 bits per heavy atom. The molecule has 0 aliphatic heterocycles. The van der Waals surface area contributed by atoms with Crippen molar-refractivity contribution in [2.24, 2.45) is 7.05 Å². The first-order valence-corrected chi connectivity index (χ1v) is 7.18. The van der Waals surface area contributed by atoms with E-state index in [0.29, 0.717) is 6.54 Å². The van der Waals surface area contributed by atoms with Crippen LogP contribution in [0, 0.1) is 0 Å². The van der Waals surface area contributed by atoms with E-state index in [0.717, 1.165) is 23.3 Å². The highest BCUT2D eigenvalue weighted by molar-refractivity contribution is 5.28. The van der Waals surface area contributed by atoms with Crippen molar-refractivity contribution in [2.75, 3.05) is 13.7 Å². The van der Waals surface area contributed by atoms with Crippen molar-refractivity contribution in [1.29, 1.82) is 0 Å². The van der Waals surface area contributed by atoms with E-state index in [1.54, 1.807) is 11.8 Å². The summed E-state index contributed by atoms with van der Waals surface area (Å²) in [5, 5.41) is 17.8. The predicted octanol–water partition coefficient (Wildman–Crippen LogP) is 2.20. The molecule has 0 fully saturated rings. The van der Waals surface area contributed by atoms with Gasteiger partial charge in [-0.2, -0.15) is 5.10 Å². The fraction of sp³-hybridized carbons (Fsp3) is 0.438. The van der Waals surface area contributed by atoms with Crippen LogP contribution in [0.3, 0.4) is 0 Å². The lowest BCUT2D eigenvalue weighted by atomic mass is 10.1. The lowest BCUT2D eigenvalue weighted by Crippen LogP contribution is -2.26. The Hall–Kier alpha value is -1.85. The molecule has 0 saturated carbocycles. The fourth-order valence-corrected chi connectivity index (χ4v) is 2.32. The smallest absolute Gasteiger partial charge is 0.118 e. The minimum Gasteiger partial charge on any atom is -0.497 e. The van der Waals surface area contributed by atoms with E-state index in [1.807, 2.05) is 43.7 Å². The van der Waals surface area contributed by atoms with Gasteiger partial charge in [0.25, 0.3) is 0 Å². The van der Waals surface area contributed by atoms with Crippen LogP contribution in [-0.4, -0.2) is 28.5 Å². The Balaban J connectivity index is 1.93. The number of aliphatic hydroxyl groups is 1. The van der Waals surface area contributed by atoms with Crippen molar-refractivity contribution < 1.29 is 9.84 Å². The monoisotopic (exact) mass is 289 g/mol. The van der Waals surface area contributed by atoms with Crippen LogP contribution in [0.25, 0.3) is 0 Å². The summed E-state index contributed by atoms with van der Waals surface area (Å²) in [4.78, 5) is 0. The molecule has 0 radical (unpaired) electrons. The number of methoxy groups -OCH3 is 1. The topological polar surface area (TPSA) is 59.3 Å². The molecule has 21 heavy (non-hydrogen) atoms. The first kappa shape index (κ1) is 15.5. The molecule has 0 bridgehead atoms. The second-order valence-electron chi connectivity index (χ2n) is 5.11. The van der Waals surface area contributed by atoms with E-state index in [1.165, 1.54) is 0 Å². The summed E-state index contributed by atoms with van der Waals surface area (Å²) < 4.78 is 6.91. The largest absolute Gasteiger partial charge is 0.497 e. The third kappa shape index (κ3) is 4.06. The maximum atomic E-state index is 10.3. The van der Waals surface area contributed by atoms with Crippen molar-refractivity contribution in [3.63, 3.8) is 0 Å². The van der Waals surface area contributed by atoms with E-state index in [-0.39, 0.29) is 6.04 Å². The third-order valence-electron chi connectivity index (χ3n) is 3.59. The van der Waals surface area contributed by atoms with Crippen LogP contribution in [0.2, 0.25) is 0 Å². The Morgan fingerprint density at radius 2 is 2.00 bits per heavy atom. The van der Waals surface area contributed by atoms with Crippen LogP contribution < -0.4 is 10.1 Å². The normalized spacial score (nSPS) is 13.9. The Bertz CT molecular complexity index is 551. The third-order valence-corrected chi connectivity index (χ3v) is 3.59. The minimum atomic E-state index is -0.540. The van der Waals surface area contributed by atoms with E-state index in [9.17, 15) is 5.11 Å². The molecule has 1 heterocycles. The zero-order valence-electron chi connectivity index (χ0n) is 12.8. The lowest BCUT2D eigenvalue weighted by molar-refractivity contribution is 0.169. The summed E-state index contributed by atoms with van der Waals surface area (Å²) >= 11 is 0. The van der Waals surface area contributed by atoms with Gasteiger partial charge in [-0.3, -0.25) is 4.68 Å². The minimum absolute atomic E-state index is 0.201. The van der Waals surface area contributed by atoms with Gasteiger partial charge in [-0.25, -0.2) is 0 Å². The summed E-state index contributed by atoms with van der Waals surface area (Å²) in [6, 6.07) is 7.69. The zero-order valence-corrected chi connectivity index (χ0v) is 12.8. The SMILES string of the molecule is CCC(NCC(O)c1ccc(OC)cc1)c1cnn(C)c1. The number of aryl methyl sites for hydroxylation is 1. The summed E-state index contributed by atoms with van der Waals surface area (Å²) in [7, 11) is 3.54. The molecule has 5 heteroatoms. The van der Waals surface area contributed by atoms with E-state index in [4.69, 9.17) is 4.74 Å². The molecule has 2 rings (SSSR count). The van der Waals surface area contributed by atoms with Gasteiger partial charge in [-0.15, -0.1) is 0 Å². The molecule has 2 N–H and O–H groups in total. The number of benzene rings is 1. The number of nitrogens with zero attached hydrogens (tertiary/aromatic N) is 2. The highest BCUT2D eigenvalue weighted by atomic mass is 16.5. The van der Waals surface area contributed by atoms with Crippen molar-refractivity contribution in [3.05, 3.63) is 47.8 Å². The van der Waals surface area contributed by atoms with E-state index < -0.39 is 6.10 Å². The number of aliphatic hydroxyl groups excluding tert-OH is 1. The fourth-order valence-electron chi connectivity index (χ4n) is 2.32. The summed E-state index contributed by atoms with van der Waals surface area (Å²) in [5.74, 6) is 0.792. The molecule has 0 aliphatic rings. The van der Waals surface area contributed by atoms with Crippen LogP contribution in [0.1, 0.15) is 36.6 Å². The van der Waals surface area contributed by atoms with Gasteiger partial charge in [0.05, 0.1) is 19.4 Å². The molecular weight excluding hydrogens is 266 g/mol. The number of hydrogen-bond donors (Lipinski definition) is 2. The molecule has 2 unspecified atom stereocenters. The molecule has 0 amide bonds. The van der Waals surface area contributed by atoms with Crippen molar-refractivity contribution in [2.45, 2.75) is 25.5 Å². The number of hydrogen-bond acceptors (Lipinski definition) is 4. The van der Waals surface area contributed by atoms with Crippen LogP contribution in [-0.2, 0) is 7.05 Å². The zero-order chi connectivity index (χ0) is 15.2. The van der Waals surface area contributed by atoms with Crippen molar-refractivity contribution in [1.82, 2.24) is 15.1 Å². The molecule has 1 aromatic heterocycles. The van der Waals surface area contributed by atoms with Crippen LogP contribution in [0.4, 0.5) is 0 Å². The maximum absolute atomic E-state index is 10.3. The van der Waals surface area contributed by atoms with Gasteiger partial charge in [0.2, 0.25) is 0 Å². The average Bonchev–Trinajstić information content (AvgIpc) is 2.94. The number of ether oxygens (including phenoxy) is 1. The highest BCUT2D eigenvalue weighted by Crippen LogP contribution is 2.20. The van der Waals surface area contributed by atoms with Crippen LogP contribution in [0.5, 0.6) is 5.75 Å².